The summed E-state index contributed by atoms with van der Waals surface area (Å²) in [6.45, 7) is 0. The summed E-state index contributed by atoms with van der Waals surface area (Å²) < 4.78 is 1.62. The number of thioether (sulfide) groups is 1. The largest absolute Gasteiger partial charge is 0.310 e. The Bertz CT molecular complexity index is 1330. The van der Waals surface area contributed by atoms with Crippen molar-refractivity contribution in [2.24, 2.45) is 7.05 Å². The second-order valence-corrected chi connectivity index (χ2v) is 8.64. The Morgan fingerprint density at radius 3 is 2.27 bits per heavy atom. The van der Waals surface area contributed by atoms with Gasteiger partial charge < -0.3 is 4.57 Å². The number of carbonyl (C=O) groups excluding carboxylic acids is 1. The third-order valence-electron chi connectivity index (χ3n) is 5.35. The highest BCUT2D eigenvalue weighted by molar-refractivity contribution is 7.99. The zero-order chi connectivity index (χ0) is 20.8. The number of aryl methyl sites for hydroxylation is 1. The number of halogens is 1. The van der Waals surface area contributed by atoms with Crippen LogP contribution in [0.5, 0.6) is 0 Å². The SMILES string of the molecule is Cn1c(=O)c2c(c3ccccc31)C(=O)N(c1ccccc1)C(c1ccc(Cl)cc1)S2. The predicted molar refractivity (Wildman–Crippen MR) is 122 cm³/mol. The molecule has 0 saturated heterocycles. The maximum Gasteiger partial charge on any atom is 0.265 e. The number of pyridine rings is 1. The van der Waals surface area contributed by atoms with Crippen molar-refractivity contribution < 1.29 is 4.79 Å². The Kier molecular flexibility index (Phi) is 4.65. The minimum absolute atomic E-state index is 0.159. The van der Waals surface area contributed by atoms with Crippen LogP contribution in [-0.4, -0.2) is 10.5 Å². The fourth-order valence-electron chi connectivity index (χ4n) is 3.87. The van der Waals surface area contributed by atoms with E-state index in [0.717, 1.165) is 22.2 Å². The molecule has 4 aromatic rings. The topological polar surface area (TPSA) is 42.3 Å². The van der Waals surface area contributed by atoms with E-state index in [9.17, 15) is 9.59 Å². The fraction of sp³-hybridized carbons (Fsp3) is 0.0833. The van der Waals surface area contributed by atoms with Crippen molar-refractivity contribution >= 4 is 45.9 Å². The molecule has 6 heteroatoms. The van der Waals surface area contributed by atoms with Gasteiger partial charge in [-0.15, -0.1) is 0 Å². The highest BCUT2D eigenvalue weighted by Gasteiger charge is 2.38. The zero-order valence-electron chi connectivity index (χ0n) is 16.1. The monoisotopic (exact) mass is 432 g/mol. The summed E-state index contributed by atoms with van der Waals surface area (Å²) in [4.78, 5) is 29.3. The van der Waals surface area contributed by atoms with Crippen LogP contribution in [0, 0.1) is 0 Å². The maximum absolute atomic E-state index is 13.9. The van der Waals surface area contributed by atoms with Gasteiger partial charge in [0.15, 0.2) is 0 Å². The Hall–Kier alpha value is -3.02. The summed E-state index contributed by atoms with van der Waals surface area (Å²) >= 11 is 7.49. The maximum atomic E-state index is 13.9. The van der Waals surface area contributed by atoms with Crippen molar-refractivity contribution in [1.29, 1.82) is 0 Å². The average molecular weight is 433 g/mol. The first-order chi connectivity index (χ1) is 14.6. The standard InChI is InChI=1S/C24H17ClN2O2S/c1-26-19-10-6-5-9-18(19)20-21(23(26)29)30-24(15-11-13-16(25)14-12-15)27(22(20)28)17-7-3-2-4-8-17/h2-14,24H,1H3. The number of amides is 1. The smallest absolute Gasteiger partial charge is 0.265 e. The van der Waals surface area contributed by atoms with Crippen LogP contribution < -0.4 is 10.5 Å². The number of rotatable bonds is 2. The van der Waals surface area contributed by atoms with E-state index in [-0.39, 0.29) is 16.8 Å². The molecule has 0 N–H and O–H groups in total. The predicted octanol–water partition coefficient (Wildman–Crippen LogP) is 5.64. The first-order valence-corrected chi connectivity index (χ1v) is 10.7. The minimum atomic E-state index is -0.376. The highest BCUT2D eigenvalue weighted by Crippen LogP contribution is 2.47. The lowest BCUT2D eigenvalue weighted by Crippen LogP contribution is -2.40. The van der Waals surface area contributed by atoms with E-state index in [1.807, 2.05) is 66.7 Å². The molecule has 0 fully saturated rings. The van der Waals surface area contributed by atoms with Crippen molar-refractivity contribution in [3.8, 4) is 0 Å². The first-order valence-electron chi connectivity index (χ1n) is 9.48. The first kappa shape index (κ1) is 19.0. The molecule has 1 atom stereocenters. The summed E-state index contributed by atoms with van der Waals surface area (Å²) in [6, 6.07) is 24.5. The molecule has 5 rings (SSSR count). The van der Waals surface area contributed by atoms with Crippen molar-refractivity contribution in [3.05, 3.63) is 105 Å². The number of hydrogen-bond acceptors (Lipinski definition) is 3. The molecule has 0 spiro atoms. The number of benzene rings is 3. The van der Waals surface area contributed by atoms with Crippen LogP contribution in [0.2, 0.25) is 5.02 Å². The molecule has 0 radical (unpaired) electrons. The molecule has 1 aliphatic rings. The van der Waals surface area contributed by atoms with Gasteiger partial charge in [-0.2, -0.15) is 0 Å². The molecule has 3 aromatic carbocycles. The zero-order valence-corrected chi connectivity index (χ0v) is 17.7. The molecule has 2 heterocycles. The fourth-order valence-corrected chi connectivity index (χ4v) is 5.39. The molecule has 148 valence electrons. The number of anilines is 1. The molecule has 1 amide bonds. The van der Waals surface area contributed by atoms with E-state index in [1.54, 1.807) is 28.6 Å². The Labute approximate surface area is 182 Å². The average Bonchev–Trinajstić information content (AvgIpc) is 2.78. The Balaban J connectivity index is 1.80. The number of hydrogen-bond donors (Lipinski definition) is 0. The second kappa shape index (κ2) is 7.35. The molecular weight excluding hydrogens is 416 g/mol. The number of aromatic nitrogens is 1. The molecule has 0 saturated carbocycles. The quantitative estimate of drug-likeness (QED) is 0.411. The summed E-state index contributed by atoms with van der Waals surface area (Å²) in [7, 11) is 1.75. The van der Waals surface area contributed by atoms with Gasteiger partial charge in [0.05, 0.1) is 16.0 Å². The molecular formula is C24H17ClN2O2S. The van der Waals surface area contributed by atoms with E-state index in [2.05, 4.69) is 0 Å². The van der Waals surface area contributed by atoms with Crippen LogP contribution in [0.3, 0.4) is 0 Å². The molecule has 0 bridgehead atoms. The molecule has 1 unspecified atom stereocenters. The normalized spacial score (nSPS) is 16.0. The highest BCUT2D eigenvalue weighted by atomic mass is 35.5. The van der Waals surface area contributed by atoms with Gasteiger partial charge in [-0.05, 0) is 35.9 Å². The number of carbonyl (C=O) groups is 1. The Morgan fingerprint density at radius 2 is 1.53 bits per heavy atom. The third kappa shape index (κ3) is 2.93. The van der Waals surface area contributed by atoms with E-state index < -0.39 is 0 Å². The van der Waals surface area contributed by atoms with Gasteiger partial charge in [0.2, 0.25) is 0 Å². The lowest BCUT2D eigenvalue weighted by atomic mass is 10.1. The van der Waals surface area contributed by atoms with E-state index >= 15 is 0 Å². The van der Waals surface area contributed by atoms with Crippen LogP contribution in [0.15, 0.2) is 88.6 Å². The third-order valence-corrected chi connectivity index (χ3v) is 6.92. The molecule has 1 aromatic heterocycles. The summed E-state index contributed by atoms with van der Waals surface area (Å²) in [5, 5.41) is 1.03. The molecule has 30 heavy (non-hydrogen) atoms. The number of nitrogens with zero attached hydrogens (tertiary/aromatic N) is 2. The minimum Gasteiger partial charge on any atom is -0.310 e. The van der Waals surface area contributed by atoms with Gasteiger partial charge in [-0.25, -0.2) is 0 Å². The van der Waals surface area contributed by atoms with Crippen molar-refractivity contribution in [2.75, 3.05) is 4.90 Å². The summed E-state index contributed by atoms with van der Waals surface area (Å²) in [5.41, 5.74) is 2.74. The van der Waals surface area contributed by atoms with Gasteiger partial charge in [0, 0.05) is 23.1 Å². The van der Waals surface area contributed by atoms with E-state index in [1.165, 1.54) is 11.8 Å². The molecule has 0 aliphatic carbocycles. The summed E-state index contributed by atoms with van der Waals surface area (Å²) in [5.74, 6) is -0.177. The Morgan fingerprint density at radius 1 is 0.867 bits per heavy atom. The van der Waals surface area contributed by atoms with Crippen molar-refractivity contribution in [3.63, 3.8) is 0 Å². The number of para-hydroxylation sites is 2. The van der Waals surface area contributed by atoms with E-state index in [0.29, 0.717) is 15.5 Å². The van der Waals surface area contributed by atoms with Gasteiger partial charge in [0.25, 0.3) is 11.5 Å². The van der Waals surface area contributed by atoms with Gasteiger partial charge in [0.1, 0.15) is 5.37 Å². The van der Waals surface area contributed by atoms with Crippen LogP contribution >= 0.6 is 23.4 Å². The molecule has 4 nitrogen and oxygen atoms in total. The number of fused-ring (bicyclic) bond motifs is 3. The lowest BCUT2D eigenvalue weighted by Gasteiger charge is -2.36. The second-order valence-electron chi connectivity index (χ2n) is 7.12. The van der Waals surface area contributed by atoms with Gasteiger partial charge >= 0.3 is 0 Å². The van der Waals surface area contributed by atoms with Gasteiger partial charge in [-0.3, -0.25) is 14.5 Å². The molecule has 1 aliphatic heterocycles. The van der Waals surface area contributed by atoms with Crippen LogP contribution in [0.1, 0.15) is 21.3 Å². The van der Waals surface area contributed by atoms with Crippen LogP contribution in [-0.2, 0) is 7.05 Å². The van der Waals surface area contributed by atoms with Crippen molar-refractivity contribution in [2.45, 2.75) is 10.3 Å². The lowest BCUT2D eigenvalue weighted by molar-refractivity contribution is 0.0980. The van der Waals surface area contributed by atoms with E-state index in [4.69, 9.17) is 11.6 Å². The van der Waals surface area contributed by atoms with Crippen LogP contribution in [0.25, 0.3) is 10.9 Å². The van der Waals surface area contributed by atoms with Crippen LogP contribution in [0.4, 0.5) is 5.69 Å². The van der Waals surface area contributed by atoms with Gasteiger partial charge in [-0.1, -0.05) is 71.9 Å². The summed E-state index contributed by atoms with van der Waals surface area (Å²) in [6.07, 6.45) is 0. The van der Waals surface area contributed by atoms with Crippen molar-refractivity contribution in [1.82, 2.24) is 4.57 Å².